The van der Waals surface area contributed by atoms with Gasteiger partial charge in [-0.15, -0.1) is 0 Å². The average Bonchev–Trinajstić information content (AvgIpc) is 2.46. The SMILES string of the molecule is NCC(N=S(=O)=O)(c1ccccc1)c1ccccc1. The van der Waals surface area contributed by atoms with E-state index in [0.29, 0.717) is 0 Å². The monoisotopic (exact) mass is 274 g/mol. The summed E-state index contributed by atoms with van der Waals surface area (Å²) < 4.78 is 26.1. The van der Waals surface area contributed by atoms with Gasteiger partial charge in [0, 0.05) is 6.54 Å². The van der Waals surface area contributed by atoms with E-state index in [9.17, 15) is 8.42 Å². The molecule has 2 aromatic carbocycles. The van der Waals surface area contributed by atoms with Crippen LogP contribution in [0.4, 0.5) is 0 Å². The molecule has 0 unspecified atom stereocenters. The van der Waals surface area contributed by atoms with E-state index < -0.39 is 16.0 Å². The van der Waals surface area contributed by atoms with E-state index in [0.717, 1.165) is 11.1 Å². The molecule has 2 rings (SSSR count). The third-order valence-electron chi connectivity index (χ3n) is 3.03. The van der Waals surface area contributed by atoms with Gasteiger partial charge in [0.1, 0.15) is 5.54 Å². The summed E-state index contributed by atoms with van der Waals surface area (Å²) >= 11 is 0. The van der Waals surface area contributed by atoms with Crippen LogP contribution < -0.4 is 5.73 Å². The van der Waals surface area contributed by atoms with Gasteiger partial charge in [-0.25, -0.2) is 0 Å². The Bertz CT molecular complexity index is 620. The lowest BCUT2D eigenvalue weighted by molar-refractivity contribution is 0.547. The van der Waals surface area contributed by atoms with Gasteiger partial charge in [-0.2, -0.15) is 12.8 Å². The molecule has 2 N–H and O–H groups in total. The van der Waals surface area contributed by atoms with Gasteiger partial charge in [-0.1, -0.05) is 60.7 Å². The Morgan fingerprint density at radius 1 is 0.895 bits per heavy atom. The maximum atomic E-state index is 11.1. The molecule has 0 saturated heterocycles. The summed E-state index contributed by atoms with van der Waals surface area (Å²) in [5.74, 6) is 0. The van der Waals surface area contributed by atoms with Crippen LogP contribution in [0.2, 0.25) is 0 Å². The standard InChI is InChI=1S/C14H14N2O2S/c15-11-14(16-19(17)18,12-7-3-1-4-8-12)13-9-5-2-6-10-13/h1-10H,11,15H2. The van der Waals surface area contributed by atoms with Crippen molar-refractivity contribution in [3.05, 3.63) is 71.8 Å². The number of benzene rings is 2. The summed E-state index contributed by atoms with van der Waals surface area (Å²) in [5.41, 5.74) is 6.31. The number of nitrogens with zero attached hydrogens (tertiary/aromatic N) is 1. The molecule has 0 bridgehead atoms. The largest absolute Gasteiger partial charge is 0.328 e. The minimum Gasteiger partial charge on any atom is -0.328 e. The number of nitrogens with two attached hydrogens (primary N) is 1. The molecular formula is C14H14N2O2S. The Hall–Kier alpha value is -1.98. The van der Waals surface area contributed by atoms with Crippen LogP contribution in [-0.4, -0.2) is 15.0 Å². The van der Waals surface area contributed by atoms with Gasteiger partial charge >= 0.3 is 10.5 Å². The first-order valence-electron chi connectivity index (χ1n) is 5.82. The Kier molecular flexibility index (Phi) is 4.09. The van der Waals surface area contributed by atoms with Gasteiger partial charge in [-0.05, 0) is 11.1 Å². The molecule has 19 heavy (non-hydrogen) atoms. The van der Waals surface area contributed by atoms with E-state index in [1.165, 1.54) is 0 Å². The van der Waals surface area contributed by atoms with Crippen molar-refractivity contribution in [3.8, 4) is 0 Å². The third-order valence-corrected chi connectivity index (χ3v) is 3.49. The van der Waals surface area contributed by atoms with Crippen molar-refractivity contribution >= 4 is 10.5 Å². The maximum absolute atomic E-state index is 11.1. The van der Waals surface area contributed by atoms with Crippen molar-refractivity contribution in [2.45, 2.75) is 5.54 Å². The first-order valence-corrected chi connectivity index (χ1v) is 6.85. The highest BCUT2D eigenvalue weighted by Gasteiger charge is 2.33. The van der Waals surface area contributed by atoms with Crippen LogP contribution in [0.25, 0.3) is 0 Å². The maximum Gasteiger partial charge on any atom is 0.312 e. The Morgan fingerprint density at radius 3 is 1.63 bits per heavy atom. The number of hydrogen-bond donors (Lipinski definition) is 1. The normalized spacial score (nSPS) is 11.0. The van der Waals surface area contributed by atoms with Crippen LogP contribution in [-0.2, 0) is 16.0 Å². The first-order chi connectivity index (χ1) is 9.19. The highest BCUT2D eigenvalue weighted by atomic mass is 32.2. The van der Waals surface area contributed by atoms with Crippen molar-refractivity contribution in [2.75, 3.05) is 6.54 Å². The molecule has 5 heteroatoms. The molecule has 2 aromatic rings. The first kappa shape index (κ1) is 13.5. The molecule has 0 heterocycles. The Balaban J connectivity index is 2.73. The summed E-state index contributed by atoms with van der Waals surface area (Å²) in [6, 6.07) is 18.4. The van der Waals surface area contributed by atoms with Crippen LogP contribution >= 0.6 is 0 Å². The molecule has 98 valence electrons. The summed E-state index contributed by atoms with van der Waals surface area (Å²) in [7, 11) is -2.54. The Labute approximate surface area is 113 Å². The predicted octanol–water partition coefficient (Wildman–Crippen LogP) is 1.95. The van der Waals surface area contributed by atoms with Gasteiger partial charge < -0.3 is 5.73 Å². The molecule has 0 amide bonds. The van der Waals surface area contributed by atoms with Gasteiger partial charge in [0.15, 0.2) is 0 Å². The van der Waals surface area contributed by atoms with Crippen LogP contribution in [0.1, 0.15) is 11.1 Å². The molecule has 0 aromatic heterocycles. The molecule has 0 spiro atoms. The zero-order valence-electron chi connectivity index (χ0n) is 10.2. The van der Waals surface area contributed by atoms with Crippen LogP contribution in [0.3, 0.4) is 0 Å². The molecule has 0 radical (unpaired) electrons. The van der Waals surface area contributed by atoms with E-state index in [2.05, 4.69) is 4.36 Å². The molecule has 0 aliphatic heterocycles. The molecule has 0 aliphatic rings. The van der Waals surface area contributed by atoms with E-state index in [1.807, 2.05) is 60.7 Å². The molecule has 0 aliphatic carbocycles. The predicted molar refractivity (Wildman–Crippen MR) is 74.1 cm³/mol. The van der Waals surface area contributed by atoms with Gasteiger partial charge in [0.2, 0.25) is 0 Å². The lowest BCUT2D eigenvalue weighted by Gasteiger charge is -2.27. The zero-order valence-corrected chi connectivity index (χ0v) is 11.0. The smallest absolute Gasteiger partial charge is 0.312 e. The lowest BCUT2D eigenvalue weighted by Crippen LogP contribution is -2.34. The molecule has 0 atom stereocenters. The second kappa shape index (κ2) is 5.77. The van der Waals surface area contributed by atoms with Gasteiger partial charge in [0.25, 0.3) is 0 Å². The summed E-state index contributed by atoms with van der Waals surface area (Å²) in [4.78, 5) is 0. The highest BCUT2D eigenvalue weighted by molar-refractivity contribution is 7.61. The van der Waals surface area contributed by atoms with Gasteiger partial charge in [-0.3, -0.25) is 0 Å². The fourth-order valence-corrected chi connectivity index (χ4v) is 2.64. The fourth-order valence-electron chi connectivity index (χ4n) is 2.10. The van der Waals surface area contributed by atoms with Crippen molar-refractivity contribution in [3.63, 3.8) is 0 Å². The summed E-state index contributed by atoms with van der Waals surface area (Å²) in [6.45, 7) is 0.0784. The van der Waals surface area contributed by atoms with Crippen molar-refractivity contribution in [2.24, 2.45) is 10.1 Å². The fraction of sp³-hybridized carbons (Fsp3) is 0.143. The van der Waals surface area contributed by atoms with Crippen LogP contribution in [0, 0.1) is 0 Å². The van der Waals surface area contributed by atoms with E-state index in [4.69, 9.17) is 5.73 Å². The lowest BCUT2D eigenvalue weighted by atomic mass is 9.84. The highest BCUT2D eigenvalue weighted by Crippen LogP contribution is 2.32. The van der Waals surface area contributed by atoms with Crippen molar-refractivity contribution in [1.82, 2.24) is 0 Å². The van der Waals surface area contributed by atoms with E-state index >= 15 is 0 Å². The van der Waals surface area contributed by atoms with Crippen molar-refractivity contribution in [1.29, 1.82) is 0 Å². The topological polar surface area (TPSA) is 72.5 Å². The third kappa shape index (κ3) is 2.72. The van der Waals surface area contributed by atoms with Crippen molar-refractivity contribution < 1.29 is 8.42 Å². The number of rotatable bonds is 4. The molecular weight excluding hydrogens is 260 g/mol. The van der Waals surface area contributed by atoms with Crippen LogP contribution in [0.5, 0.6) is 0 Å². The molecule has 4 nitrogen and oxygen atoms in total. The Morgan fingerprint density at radius 2 is 1.32 bits per heavy atom. The minimum atomic E-state index is -2.54. The van der Waals surface area contributed by atoms with Gasteiger partial charge in [0.05, 0.1) is 0 Å². The quantitative estimate of drug-likeness (QED) is 0.926. The minimum absolute atomic E-state index is 0.0784. The zero-order chi connectivity index (χ0) is 13.7. The molecule has 0 fully saturated rings. The average molecular weight is 274 g/mol. The molecule has 0 saturated carbocycles. The van der Waals surface area contributed by atoms with E-state index in [-0.39, 0.29) is 6.54 Å². The van der Waals surface area contributed by atoms with E-state index in [1.54, 1.807) is 0 Å². The second-order valence-corrected chi connectivity index (χ2v) is 4.72. The van der Waals surface area contributed by atoms with Crippen LogP contribution in [0.15, 0.2) is 65.0 Å². The summed E-state index contributed by atoms with van der Waals surface area (Å²) in [5, 5.41) is 0. The summed E-state index contributed by atoms with van der Waals surface area (Å²) in [6.07, 6.45) is 0. The number of hydrogen-bond acceptors (Lipinski definition) is 4. The second-order valence-electron chi connectivity index (χ2n) is 4.10.